The van der Waals surface area contributed by atoms with Crippen molar-refractivity contribution in [3.05, 3.63) is 48.0 Å². The molecule has 13 heteroatoms. The van der Waals surface area contributed by atoms with E-state index in [-0.39, 0.29) is 53.6 Å². The van der Waals surface area contributed by atoms with E-state index >= 15 is 0 Å². The average Bonchev–Trinajstić information content (AvgIpc) is 3.02. The van der Waals surface area contributed by atoms with Gasteiger partial charge in [0, 0.05) is 51.3 Å². The van der Waals surface area contributed by atoms with Crippen LogP contribution in [0.15, 0.2) is 47.4 Å². The topological polar surface area (TPSA) is 138 Å². The summed E-state index contributed by atoms with van der Waals surface area (Å²) < 4.78 is 44.8. The molecule has 0 unspecified atom stereocenters. The number of nitrogens with zero attached hydrogens (tertiary/aromatic N) is 3. The van der Waals surface area contributed by atoms with E-state index in [1.54, 1.807) is 42.2 Å². The minimum absolute atomic E-state index is 0.0184. The molecule has 0 saturated carbocycles. The summed E-state index contributed by atoms with van der Waals surface area (Å²) in [6.45, 7) is 7.12. The molecule has 0 aromatic heterocycles. The number of benzene rings is 2. The molecule has 2 aliphatic rings. The van der Waals surface area contributed by atoms with Crippen molar-refractivity contribution in [3.63, 3.8) is 0 Å². The first-order valence-electron chi connectivity index (χ1n) is 14.5. The van der Waals surface area contributed by atoms with Crippen molar-refractivity contribution >= 4 is 27.5 Å². The number of anilines is 1. The normalized spacial score (nSPS) is 20.5. The molecule has 1 saturated heterocycles. The third-order valence-corrected chi connectivity index (χ3v) is 9.75. The SMILES string of the molecule is COc1ccc(S(=O)(=O)N(C)C[C@@H]2Oc3ccc(NC(=O)CCN4CCOCC4)cc3C(=O)N([C@H](C)CO)C[C@H]2C)cc1. The summed E-state index contributed by atoms with van der Waals surface area (Å²) in [6, 6.07) is 10.5. The molecule has 4 rings (SSSR count). The van der Waals surface area contributed by atoms with Gasteiger partial charge in [-0.2, -0.15) is 4.31 Å². The Bertz CT molecular complexity index is 1360. The minimum atomic E-state index is -3.85. The van der Waals surface area contributed by atoms with Crippen LogP contribution in [0, 0.1) is 5.92 Å². The van der Waals surface area contributed by atoms with Crippen molar-refractivity contribution in [1.82, 2.24) is 14.1 Å². The lowest BCUT2D eigenvalue weighted by molar-refractivity contribution is -0.116. The highest BCUT2D eigenvalue weighted by Crippen LogP contribution is 2.31. The van der Waals surface area contributed by atoms with E-state index in [1.807, 2.05) is 6.92 Å². The van der Waals surface area contributed by atoms with Crippen LogP contribution in [0.2, 0.25) is 0 Å². The quantitative estimate of drug-likeness (QED) is 0.387. The molecule has 3 atom stereocenters. The number of sulfonamides is 1. The number of hydrogen-bond acceptors (Lipinski definition) is 9. The highest BCUT2D eigenvalue weighted by molar-refractivity contribution is 7.89. The Morgan fingerprint density at radius 2 is 1.88 bits per heavy atom. The van der Waals surface area contributed by atoms with Gasteiger partial charge in [0.15, 0.2) is 0 Å². The maximum Gasteiger partial charge on any atom is 0.258 e. The van der Waals surface area contributed by atoms with Gasteiger partial charge < -0.3 is 29.5 Å². The van der Waals surface area contributed by atoms with Gasteiger partial charge in [0.05, 0.1) is 50.0 Å². The predicted octanol–water partition coefficient (Wildman–Crippen LogP) is 1.90. The summed E-state index contributed by atoms with van der Waals surface area (Å²) in [6.07, 6.45) is -0.323. The third kappa shape index (κ3) is 8.03. The number of nitrogens with one attached hydrogen (secondary N) is 1. The van der Waals surface area contributed by atoms with Gasteiger partial charge in [0.25, 0.3) is 5.91 Å². The van der Waals surface area contributed by atoms with E-state index in [0.29, 0.717) is 37.6 Å². The lowest BCUT2D eigenvalue weighted by Gasteiger charge is -2.38. The number of carbonyl (C=O) groups is 2. The largest absolute Gasteiger partial charge is 0.497 e. The highest BCUT2D eigenvalue weighted by Gasteiger charge is 2.35. The molecular formula is C30H42N4O8S. The van der Waals surface area contributed by atoms with E-state index in [9.17, 15) is 23.1 Å². The second-order valence-electron chi connectivity index (χ2n) is 11.0. The molecule has 12 nitrogen and oxygen atoms in total. The summed E-state index contributed by atoms with van der Waals surface area (Å²) in [5.41, 5.74) is 0.674. The number of carbonyl (C=O) groups excluding carboxylic acids is 2. The Kier molecular flexibility index (Phi) is 11.0. The van der Waals surface area contributed by atoms with Crippen LogP contribution in [0.1, 0.15) is 30.6 Å². The molecule has 2 amide bonds. The summed E-state index contributed by atoms with van der Waals surface area (Å²) >= 11 is 0. The molecular weight excluding hydrogens is 576 g/mol. The number of aliphatic hydroxyl groups excluding tert-OH is 1. The summed E-state index contributed by atoms with van der Waals surface area (Å²) in [5, 5.41) is 12.8. The summed E-state index contributed by atoms with van der Waals surface area (Å²) in [4.78, 5) is 30.3. The molecule has 1 fully saturated rings. The molecule has 0 aliphatic carbocycles. The molecule has 2 aromatic carbocycles. The average molecular weight is 619 g/mol. The van der Waals surface area contributed by atoms with Gasteiger partial charge in [-0.25, -0.2) is 8.42 Å². The molecule has 2 N–H and O–H groups in total. The van der Waals surface area contributed by atoms with Crippen molar-refractivity contribution in [2.24, 2.45) is 5.92 Å². The number of methoxy groups -OCH3 is 1. The number of amides is 2. The van der Waals surface area contributed by atoms with Crippen LogP contribution in [-0.4, -0.2) is 118 Å². The smallest absolute Gasteiger partial charge is 0.258 e. The zero-order valence-corrected chi connectivity index (χ0v) is 26.0. The van der Waals surface area contributed by atoms with Crippen LogP contribution in [0.4, 0.5) is 5.69 Å². The van der Waals surface area contributed by atoms with Crippen molar-refractivity contribution in [1.29, 1.82) is 0 Å². The maximum absolute atomic E-state index is 13.7. The molecule has 43 heavy (non-hydrogen) atoms. The molecule has 2 aliphatic heterocycles. The number of rotatable bonds is 11. The van der Waals surface area contributed by atoms with Gasteiger partial charge in [-0.15, -0.1) is 0 Å². The van der Waals surface area contributed by atoms with Crippen LogP contribution in [-0.2, 0) is 19.6 Å². The van der Waals surface area contributed by atoms with Crippen molar-refractivity contribution in [3.8, 4) is 11.5 Å². The zero-order valence-electron chi connectivity index (χ0n) is 25.2. The van der Waals surface area contributed by atoms with Crippen LogP contribution in [0.5, 0.6) is 11.5 Å². The van der Waals surface area contributed by atoms with Crippen LogP contribution >= 0.6 is 0 Å². The highest BCUT2D eigenvalue weighted by atomic mass is 32.2. The predicted molar refractivity (Wildman–Crippen MR) is 161 cm³/mol. The summed E-state index contributed by atoms with van der Waals surface area (Å²) in [7, 11) is -0.845. The second kappa shape index (κ2) is 14.5. The number of likely N-dealkylation sites (N-methyl/N-ethyl adjacent to an activating group) is 1. The Morgan fingerprint density at radius 3 is 2.53 bits per heavy atom. The third-order valence-electron chi connectivity index (χ3n) is 7.91. The number of fused-ring (bicyclic) bond motifs is 1. The van der Waals surface area contributed by atoms with E-state index in [0.717, 1.165) is 13.1 Å². The number of aliphatic hydroxyl groups is 1. The lowest BCUT2D eigenvalue weighted by atomic mass is 9.99. The Balaban J connectivity index is 1.55. The minimum Gasteiger partial charge on any atom is -0.497 e. The second-order valence-corrected chi connectivity index (χ2v) is 13.1. The maximum atomic E-state index is 13.7. The van der Waals surface area contributed by atoms with Gasteiger partial charge >= 0.3 is 0 Å². The Hall–Kier alpha value is -3.23. The van der Waals surface area contributed by atoms with E-state index in [4.69, 9.17) is 14.2 Å². The Labute approximate surface area is 253 Å². The number of morpholine rings is 1. The first-order valence-corrected chi connectivity index (χ1v) is 15.9. The van der Waals surface area contributed by atoms with Crippen LogP contribution < -0.4 is 14.8 Å². The van der Waals surface area contributed by atoms with Crippen molar-refractivity contribution < 1.29 is 37.3 Å². The first-order chi connectivity index (χ1) is 20.5. The van der Waals surface area contributed by atoms with E-state index in [1.165, 1.54) is 30.6 Å². The Morgan fingerprint density at radius 1 is 1.19 bits per heavy atom. The van der Waals surface area contributed by atoms with Gasteiger partial charge in [-0.1, -0.05) is 6.92 Å². The van der Waals surface area contributed by atoms with Gasteiger partial charge in [0.2, 0.25) is 15.9 Å². The fraction of sp³-hybridized carbons (Fsp3) is 0.533. The molecule has 2 heterocycles. The molecule has 0 spiro atoms. The van der Waals surface area contributed by atoms with Crippen LogP contribution in [0.3, 0.4) is 0 Å². The van der Waals surface area contributed by atoms with Gasteiger partial charge in [0.1, 0.15) is 17.6 Å². The number of hydrogen-bond donors (Lipinski definition) is 2. The number of ether oxygens (including phenoxy) is 3. The lowest BCUT2D eigenvalue weighted by Crippen LogP contribution is -2.50. The summed E-state index contributed by atoms with van der Waals surface area (Å²) in [5.74, 6) is 0.0246. The molecule has 236 valence electrons. The van der Waals surface area contributed by atoms with Crippen molar-refractivity contribution in [2.75, 3.05) is 72.0 Å². The molecule has 2 aromatic rings. The van der Waals surface area contributed by atoms with Crippen molar-refractivity contribution in [2.45, 2.75) is 37.3 Å². The standard InChI is InChI=1S/C30H42N4O8S/c1-21-18-34(22(2)20-35)30(37)26-17-23(31-29(36)11-12-33-13-15-41-16-14-33)5-10-27(26)42-28(21)19-32(3)43(38,39)25-8-6-24(40-4)7-9-25/h5-10,17,21-22,28,35H,11-16,18-20H2,1-4H3,(H,31,36)/t21-,22-,28+/m1/s1. The fourth-order valence-corrected chi connectivity index (χ4v) is 6.29. The van der Waals surface area contributed by atoms with Crippen LogP contribution in [0.25, 0.3) is 0 Å². The van der Waals surface area contributed by atoms with Gasteiger partial charge in [-0.05, 0) is 49.4 Å². The fourth-order valence-electron chi connectivity index (χ4n) is 5.11. The monoisotopic (exact) mass is 618 g/mol. The zero-order chi connectivity index (χ0) is 31.1. The molecule has 0 bridgehead atoms. The van der Waals surface area contributed by atoms with E-state index in [2.05, 4.69) is 10.2 Å². The van der Waals surface area contributed by atoms with Gasteiger partial charge in [-0.3, -0.25) is 14.5 Å². The first kappa shape index (κ1) is 32.7. The van der Waals surface area contributed by atoms with E-state index < -0.39 is 22.2 Å². The molecule has 0 radical (unpaired) electrons.